The fraction of sp³-hybridized carbons (Fsp3) is 0.235. The van der Waals surface area contributed by atoms with E-state index in [-0.39, 0.29) is 11.9 Å². The fourth-order valence-corrected chi connectivity index (χ4v) is 2.62. The van der Waals surface area contributed by atoms with Crippen molar-refractivity contribution in [2.75, 3.05) is 18.4 Å². The molecular weight excluding hydrogens is 276 g/mol. The standard InChI is InChI=1S/C17H16N4O/c18-10-13-3-5-14(6-4-13)17(22)21-9-7-16(12-21)20-15-2-1-8-19-11-15/h1-6,8,11,16,20H,7,9,12H2/t16-/m0/s1. The number of rotatable bonds is 3. The quantitative estimate of drug-likeness (QED) is 0.942. The van der Waals surface area contributed by atoms with Crippen molar-refractivity contribution in [1.82, 2.24) is 9.88 Å². The van der Waals surface area contributed by atoms with Gasteiger partial charge >= 0.3 is 0 Å². The molecule has 1 saturated heterocycles. The number of pyridine rings is 1. The second-order valence-electron chi connectivity index (χ2n) is 5.31. The van der Waals surface area contributed by atoms with Gasteiger partial charge in [0.2, 0.25) is 0 Å². The van der Waals surface area contributed by atoms with Crippen LogP contribution in [0, 0.1) is 11.3 Å². The number of anilines is 1. The van der Waals surface area contributed by atoms with E-state index in [4.69, 9.17) is 5.26 Å². The second-order valence-corrected chi connectivity index (χ2v) is 5.31. The zero-order valence-electron chi connectivity index (χ0n) is 12.1. The van der Waals surface area contributed by atoms with E-state index >= 15 is 0 Å². The molecule has 0 aliphatic carbocycles. The number of hydrogen-bond donors (Lipinski definition) is 1. The molecule has 3 rings (SSSR count). The number of amides is 1. The Balaban J connectivity index is 1.62. The van der Waals surface area contributed by atoms with Gasteiger partial charge < -0.3 is 10.2 Å². The third-order valence-electron chi connectivity index (χ3n) is 3.77. The molecular formula is C17H16N4O. The lowest BCUT2D eigenvalue weighted by Gasteiger charge is -2.17. The number of aromatic nitrogens is 1. The first-order valence-corrected chi connectivity index (χ1v) is 7.22. The molecule has 0 saturated carbocycles. The van der Waals surface area contributed by atoms with E-state index in [0.717, 1.165) is 18.7 Å². The van der Waals surface area contributed by atoms with Crippen molar-refractivity contribution < 1.29 is 4.79 Å². The van der Waals surface area contributed by atoms with E-state index in [1.54, 1.807) is 36.7 Å². The number of likely N-dealkylation sites (tertiary alicyclic amines) is 1. The van der Waals surface area contributed by atoms with E-state index < -0.39 is 0 Å². The van der Waals surface area contributed by atoms with E-state index in [1.807, 2.05) is 17.0 Å². The Morgan fingerprint density at radius 1 is 1.32 bits per heavy atom. The molecule has 2 aromatic rings. The highest BCUT2D eigenvalue weighted by Crippen LogP contribution is 2.17. The summed E-state index contributed by atoms with van der Waals surface area (Å²) in [5.41, 5.74) is 2.16. The number of hydrogen-bond acceptors (Lipinski definition) is 4. The van der Waals surface area contributed by atoms with Gasteiger partial charge in [-0.05, 0) is 42.8 Å². The van der Waals surface area contributed by atoms with Crippen LogP contribution in [0.5, 0.6) is 0 Å². The smallest absolute Gasteiger partial charge is 0.253 e. The van der Waals surface area contributed by atoms with Crippen molar-refractivity contribution in [3.8, 4) is 6.07 Å². The number of carbonyl (C=O) groups excluding carboxylic acids is 1. The molecule has 0 radical (unpaired) electrons. The largest absolute Gasteiger partial charge is 0.379 e. The SMILES string of the molecule is N#Cc1ccc(C(=O)N2CC[C@H](Nc3cccnc3)C2)cc1. The normalized spacial score (nSPS) is 17.0. The van der Waals surface area contributed by atoms with Gasteiger partial charge in [-0.1, -0.05) is 0 Å². The molecule has 1 atom stereocenters. The maximum atomic E-state index is 12.4. The van der Waals surface area contributed by atoms with Gasteiger partial charge in [0.15, 0.2) is 0 Å². The first-order valence-electron chi connectivity index (χ1n) is 7.22. The molecule has 0 unspecified atom stereocenters. The van der Waals surface area contributed by atoms with E-state index in [2.05, 4.69) is 16.4 Å². The summed E-state index contributed by atoms with van der Waals surface area (Å²) in [6.45, 7) is 1.41. The zero-order chi connectivity index (χ0) is 15.4. The first kappa shape index (κ1) is 14.1. The highest BCUT2D eigenvalue weighted by Gasteiger charge is 2.26. The molecule has 1 amide bonds. The lowest BCUT2D eigenvalue weighted by atomic mass is 10.1. The molecule has 1 aromatic carbocycles. The van der Waals surface area contributed by atoms with E-state index in [9.17, 15) is 4.79 Å². The Hall–Kier alpha value is -2.87. The van der Waals surface area contributed by atoms with Crippen LogP contribution in [-0.2, 0) is 0 Å². The molecule has 0 spiro atoms. The Labute approximate surface area is 129 Å². The van der Waals surface area contributed by atoms with Crippen molar-refractivity contribution >= 4 is 11.6 Å². The molecule has 0 bridgehead atoms. The average Bonchev–Trinajstić information content (AvgIpc) is 3.04. The van der Waals surface area contributed by atoms with E-state index in [1.165, 1.54) is 0 Å². The first-order chi connectivity index (χ1) is 10.8. The highest BCUT2D eigenvalue weighted by molar-refractivity contribution is 5.94. The van der Waals surface area contributed by atoms with Gasteiger partial charge in [0.05, 0.1) is 17.3 Å². The Morgan fingerprint density at radius 3 is 2.82 bits per heavy atom. The van der Waals surface area contributed by atoms with Gasteiger partial charge in [-0.3, -0.25) is 9.78 Å². The van der Waals surface area contributed by atoms with Crippen LogP contribution < -0.4 is 5.32 Å². The summed E-state index contributed by atoms with van der Waals surface area (Å²) < 4.78 is 0. The van der Waals surface area contributed by atoms with Crippen LogP contribution in [0.25, 0.3) is 0 Å². The minimum absolute atomic E-state index is 0.0139. The summed E-state index contributed by atoms with van der Waals surface area (Å²) >= 11 is 0. The van der Waals surface area contributed by atoms with Crippen molar-refractivity contribution in [3.05, 3.63) is 59.9 Å². The Bertz CT molecular complexity index is 691. The van der Waals surface area contributed by atoms with Crippen LogP contribution in [0.3, 0.4) is 0 Å². The molecule has 1 aliphatic rings. The van der Waals surface area contributed by atoms with Gasteiger partial charge in [0.1, 0.15) is 0 Å². The van der Waals surface area contributed by atoms with Gasteiger partial charge in [-0.2, -0.15) is 5.26 Å². The van der Waals surface area contributed by atoms with Gasteiger partial charge in [0.25, 0.3) is 5.91 Å². The molecule has 2 heterocycles. The molecule has 5 heteroatoms. The number of benzene rings is 1. The van der Waals surface area contributed by atoms with Gasteiger partial charge in [-0.25, -0.2) is 0 Å². The van der Waals surface area contributed by atoms with Gasteiger partial charge in [0, 0.05) is 37.1 Å². The van der Waals surface area contributed by atoms with Crippen LogP contribution >= 0.6 is 0 Å². The third-order valence-corrected chi connectivity index (χ3v) is 3.77. The average molecular weight is 292 g/mol. The van der Waals surface area contributed by atoms with Crippen LogP contribution in [0.15, 0.2) is 48.8 Å². The summed E-state index contributed by atoms with van der Waals surface area (Å²) in [7, 11) is 0. The number of nitrogens with one attached hydrogen (secondary N) is 1. The van der Waals surface area contributed by atoms with Crippen LogP contribution in [0.4, 0.5) is 5.69 Å². The molecule has 1 fully saturated rings. The Morgan fingerprint density at radius 2 is 2.14 bits per heavy atom. The summed E-state index contributed by atoms with van der Waals surface area (Å²) in [4.78, 5) is 18.4. The van der Waals surface area contributed by atoms with Gasteiger partial charge in [-0.15, -0.1) is 0 Å². The predicted molar refractivity (Wildman–Crippen MR) is 83.3 cm³/mol. The lowest BCUT2D eigenvalue weighted by Crippen LogP contribution is -2.31. The molecule has 5 nitrogen and oxygen atoms in total. The molecule has 1 aliphatic heterocycles. The second kappa shape index (κ2) is 6.27. The van der Waals surface area contributed by atoms with Crippen molar-refractivity contribution in [2.24, 2.45) is 0 Å². The zero-order valence-corrected chi connectivity index (χ0v) is 12.1. The van der Waals surface area contributed by atoms with Crippen LogP contribution in [0.1, 0.15) is 22.3 Å². The van der Waals surface area contributed by atoms with E-state index in [0.29, 0.717) is 17.7 Å². The molecule has 22 heavy (non-hydrogen) atoms. The highest BCUT2D eigenvalue weighted by atomic mass is 16.2. The topological polar surface area (TPSA) is 69.0 Å². The summed E-state index contributed by atoms with van der Waals surface area (Å²) in [6.07, 6.45) is 4.43. The number of carbonyl (C=O) groups is 1. The maximum absolute atomic E-state index is 12.4. The Kier molecular flexibility index (Phi) is 4.01. The van der Waals surface area contributed by atoms with Crippen LogP contribution in [-0.4, -0.2) is 34.9 Å². The fourth-order valence-electron chi connectivity index (χ4n) is 2.62. The van der Waals surface area contributed by atoms with Crippen molar-refractivity contribution in [1.29, 1.82) is 5.26 Å². The number of nitrogens with zero attached hydrogens (tertiary/aromatic N) is 3. The lowest BCUT2D eigenvalue weighted by molar-refractivity contribution is 0.0791. The number of nitriles is 1. The monoisotopic (exact) mass is 292 g/mol. The van der Waals surface area contributed by atoms with Crippen LogP contribution in [0.2, 0.25) is 0 Å². The molecule has 1 N–H and O–H groups in total. The maximum Gasteiger partial charge on any atom is 0.253 e. The third kappa shape index (κ3) is 3.07. The summed E-state index contributed by atoms with van der Waals surface area (Å²) in [5.74, 6) is 0.0139. The van der Waals surface area contributed by atoms with Crippen molar-refractivity contribution in [2.45, 2.75) is 12.5 Å². The minimum atomic E-state index is 0.0139. The minimum Gasteiger partial charge on any atom is -0.379 e. The van der Waals surface area contributed by atoms with Crippen molar-refractivity contribution in [3.63, 3.8) is 0 Å². The molecule has 1 aromatic heterocycles. The summed E-state index contributed by atoms with van der Waals surface area (Å²) in [6, 6.07) is 12.9. The predicted octanol–water partition coefficient (Wildman–Crippen LogP) is 2.28. The summed E-state index contributed by atoms with van der Waals surface area (Å²) in [5, 5.41) is 12.2. The molecule has 110 valence electrons.